The van der Waals surface area contributed by atoms with Gasteiger partial charge in [-0.3, -0.25) is 9.59 Å². The highest BCUT2D eigenvalue weighted by molar-refractivity contribution is 6.32. The minimum absolute atomic E-state index is 0.105. The van der Waals surface area contributed by atoms with Crippen LogP contribution in [0.15, 0.2) is 115 Å². The molecule has 1 heterocycles. The molecule has 1 saturated heterocycles. The lowest BCUT2D eigenvalue weighted by Crippen LogP contribution is -2.48. The molecule has 4 aromatic carbocycles. The zero-order valence-corrected chi connectivity index (χ0v) is 20.7. The molecule has 1 N–H and O–H groups in total. The molecule has 3 atom stereocenters. The van der Waals surface area contributed by atoms with E-state index < -0.39 is 17.3 Å². The third kappa shape index (κ3) is 3.29. The summed E-state index contributed by atoms with van der Waals surface area (Å²) < 4.78 is 0. The van der Waals surface area contributed by atoms with E-state index >= 15 is 0 Å². The molecular formula is C32H24ClNO3. The highest BCUT2D eigenvalue weighted by Crippen LogP contribution is 2.59. The Kier molecular flexibility index (Phi) is 5.50. The molecule has 0 spiro atoms. The number of rotatable bonds is 4. The number of nitrogens with zero attached hydrogens (tertiary/aromatic N) is 1. The Morgan fingerprint density at radius 3 is 2.46 bits per heavy atom. The van der Waals surface area contributed by atoms with E-state index in [1.54, 1.807) is 30.3 Å². The maximum Gasteiger partial charge on any atom is 0.246 e. The molecule has 0 aromatic heterocycles. The van der Waals surface area contributed by atoms with Crippen LogP contribution >= 0.6 is 11.6 Å². The summed E-state index contributed by atoms with van der Waals surface area (Å²) in [5.41, 5.74) is 1.28. The number of anilines is 1. The first-order valence-corrected chi connectivity index (χ1v) is 12.6. The van der Waals surface area contributed by atoms with Crippen molar-refractivity contribution in [3.63, 3.8) is 0 Å². The van der Waals surface area contributed by atoms with Crippen molar-refractivity contribution in [2.24, 2.45) is 5.92 Å². The minimum atomic E-state index is -1.28. The molecule has 4 nitrogen and oxygen atoms in total. The Labute approximate surface area is 220 Å². The molecule has 0 saturated carbocycles. The highest BCUT2D eigenvalue weighted by atomic mass is 35.5. The van der Waals surface area contributed by atoms with E-state index in [0.29, 0.717) is 28.1 Å². The Hall–Kier alpha value is -4.15. The minimum Gasteiger partial charge on any atom is -0.507 e. The number of allylic oxidation sites excluding steroid dienone is 3. The molecule has 1 aliphatic heterocycles. The van der Waals surface area contributed by atoms with Gasteiger partial charge in [0.15, 0.2) is 0 Å². The highest BCUT2D eigenvalue weighted by Gasteiger charge is 2.66. The number of hydrogen-bond donors (Lipinski definition) is 1. The Bertz CT molecular complexity index is 1610. The quantitative estimate of drug-likeness (QED) is 0.306. The van der Waals surface area contributed by atoms with Crippen LogP contribution in [0, 0.1) is 5.92 Å². The maximum atomic E-state index is 14.7. The van der Waals surface area contributed by atoms with Crippen LogP contribution in [0.2, 0.25) is 5.02 Å². The van der Waals surface area contributed by atoms with Gasteiger partial charge in [-0.1, -0.05) is 103 Å². The van der Waals surface area contributed by atoms with Crippen LogP contribution < -0.4 is 4.90 Å². The standard InChI is InChI=1S/C32H24ClNO3/c1-2-20-16-18-27-30(36)34(24-13-8-12-23(33)19-24)31(37)32(27,22-10-4-3-5-11-22)28(20)26-17-15-21-9-6-7-14-25(21)29(26)35/h2-17,19,27-28,35H,1,18H2/t27-,28+,32+/m0/s1. The molecule has 0 unspecified atom stereocenters. The summed E-state index contributed by atoms with van der Waals surface area (Å²) in [6, 6.07) is 27.7. The smallest absolute Gasteiger partial charge is 0.246 e. The second-order valence-electron chi connectivity index (χ2n) is 9.55. The van der Waals surface area contributed by atoms with Crippen molar-refractivity contribution in [1.82, 2.24) is 0 Å². The van der Waals surface area contributed by atoms with Gasteiger partial charge in [0.25, 0.3) is 0 Å². The van der Waals surface area contributed by atoms with Gasteiger partial charge in [0.1, 0.15) is 5.75 Å². The first-order chi connectivity index (χ1) is 18.0. The van der Waals surface area contributed by atoms with Crippen LogP contribution in [-0.2, 0) is 15.0 Å². The summed E-state index contributed by atoms with van der Waals surface area (Å²) in [7, 11) is 0. The predicted octanol–water partition coefficient (Wildman–Crippen LogP) is 6.93. The van der Waals surface area contributed by atoms with Crippen LogP contribution in [0.5, 0.6) is 5.75 Å². The summed E-state index contributed by atoms with van der Waals surface area (Å²) in [6.45, 7) is 4.05. The summed E-state index contributed by atoms with van der Waals surface area (Å²) in [5.74, 6) is -1.80. The van der Waals surface area contributed by atoms with Crippen molar-refractivity contribution in [2.75, 3.05) is 4.90 Å². The lowest BCUT2D eigenvalue weighted by molar-refractivity contribution is -0.123. The average Bonchev–Trinajstić information content (AvgIpc) is 3.16. The van der Waals surface area contributed by atoms with E-state index in [0.717, 1.165) is 16.5 Å². The van der Waals surface area contributed by atoms with Crippen molar-refractivity contribution in [3.8, 4) is 5.75 Å². The average molecular weight is 506 g/mol. The Morgan fingerprint density at radius 2 is 1.70 bits per heavy atom. The zero-order chi connectivity index (χ0) is 25.7. The van der Waals surface area contributed by atoms with Gasteiger partial charge in [-0.2, -0.15) is 0 Å². The number of halogens is 1. The second-order valence-corrected chi connectivity index (χ2v) is 9.98. The number of amides is 2. The number of phenols is 1. The van der Waals surface area contributed by atoms with E-state index in [-0.39, 0.29) is 17.6 Å². The molecule has 2 aliphatic rings. The van der Waals surface area contributed by atoms with Crippen molar-refractivity contribution in [2.45, 2.75) is 17.8 Å². The fourth-order valence-electron chi connectivity index (χ4n) is 6.23. The number of carbonyl (C=O) groups excluding carboxylic acids is 2. The molecule has 0 radical (unpaired) electrons. The number of fused-ring (bicyclic) bond motifs is 2. The largest absolute Gasteiger partial charge is 0.507 e. The molecule has 37 heavy (non-hydrogen) atoms. The summed E-state index contributed by atoms with van der Waals surface area (Å²) in [6.07, 6.45) is 4.09. The zero-order valence-electron chi connectivity index (χ0n) is 20.0. The molecule has 1 aliphatic carbocycles. The first-order valence-electron chi connectivity index (χ1n) is 12.2. The molecule has 5 heteroatoms. The molecular weight excluding hydrogens is 482 g/mol. The summed E-state index contributed by atoms with van der Waals surface area (Å²) in [4.78, 5) is 30.0. The predicted molar refractivity (Wildman–Crippen MR) is 147 cm³/mol. The number of phenolic OH excluding ortho intramolecular Hbond substituents is 1. The van der Waals surface area contributed by atoms with Crippen LogP contribution in [-0.4, -0.2) is 16.9 Å². The van der Waals surface area contributed by atoms with Crippen molar-refractivity contribution >= 4 is 39.9 Å². The van der Waals surface area contributed by atoms with Crippen molar-refractivity contribution in [3.05, 3.63) is 131 Å². The maximum absolute atomic E-state index is 14.7. The van der Waals surface area contributed by atoms with E-state index in [1.165, 1.54) is 4.90 Å². The van der Waals surface area contributed by atoms with Crippen LogP contribution in [0.4, 0.5) is 5.69 Å². The van der Waals surface area contributed by atoms with Crippen LogP contribution in [0.1, 0.15) is 23.5 Å². The van der Waals surface area contributed by atoms with E-state index in [9.17, 15) is 14.7 Å². The fraction of sp³-hybridized carbons (Fsp3) is 0.125. The molecule has 6 rings (SSSR count). The van der Waals surface area contributed by atoms with Gasteiger partial charge < -0.3 is 5.11 Å². The number of aromatic hydroxyl groups is 1. The van der Waals surface area contributed by atoms with Gasteiger partial charge >= 0.3 is 0 Å². The van der Waals surface area contributed by atoms with Gasteiger partial charge in [-0.15, -0.1) is 0 Å². The number of imide groups is 1. The molecule has 0 bridgehead atoms. The molecule has 1 fully saturated rings. The van der Waals surface area contributed by atoms with Crippen LogP contribution in [0.3, 0.4) is 0 Å². The lowest BCUT2D eigenvalue weighted by atomic mass is 9.56. The Balaban J connectivity index is 1.67. The van der Waals surface area contributed by atoms with Gasteiger partial charge in [0.2, 0.25) is 11.8 Å². The monoisotopic (exact) mass is 505 g/mol. The van der Waals surface area contributed by atoms with Gasteiger partial charge in [0, 0.05) is 21.9 Å². The van der Waals surface area contributed by atoms with Gasteiger partial charge in [-0.25, -0.2) is 4.90 Å². The Morgan fingerprint density at radius 1 is 0.946 bits per heavy atom. The van der Waals surface area contributed by atoms with Crippen LogP contribution in [0.25, 0.3) is 10.8 Å². The molecule has 182 valence electrons. The fourth-order valence-corrected chi connectivity index (χ4v) is 6.41. The normalized spacial score (nSPS) is 23.2. The van der Waals surface area contributed by atoms with Crippen molar-refractivity contribution in [1.29, 1.82) is 0 Å². The van der Waals surface area contributed by atoms with E-state index in [1.807, 2.05) is 72.8 Å². The third-order valence-corrected chi connectivity index (χ3v) is 8.03. The summed E-state index contributed by atoms with van der Waals surface area (Å²) in [5, 5.41) is 13.6. The van der Waals surface area contributed by atoms with E-state index in [4.69, 9.17) is 11.6 Å². The number of hydrogen-bond acceptors (Lipinski definition) is 3. The second kappa shape index (κ2) is 8.75. The first kappa shape index (κ1) is 23.3. The van der Waals surface area contributed by atoms with E-state index in [2.05, 4.69) is 6.58 Å². The third-order valence-electron chi connectivity index (χ3n) is 7.80. The SMILES string of the molecule is C=CC1=CC[C@H]2C(=O)N(c3cccc(Cl)c3)C(=O)[C@@]2(c2ccccc2)[C@H]1c1ccc2ccccc2c1O. The molecule has 4 aromatic rings. The topological polar surface area (TPSA) is 57.6 Å². The lowest BCUT2D eigenvalue weighted by Gasteiger charge is -2.43. The summed E-state index contributed by atoms with van der Waals surface area (Å²) >= 11 is 6.26. The van der Waals surface area contributed by atoms with Crippen molar-refractivity contribution < 1.29 is 14.7 Å². The van der Waals surface area contributed by atoms with Gasteiger partial charge in [0.05, 0.1) is 17.0 Å². The number of benzene rings is 4. The number of carbonyl (C=O) groups is 2. The molecule has 2 amide bonds. The van der Waals surface area contributed by atoms with Gasteiger partial charge in [-0.05, 0) is 41.1 Å².